The van der Waals surface area contributed by atoms with Crippen molar-refractivity contribution in [1.82, 2.24) is 4.57 Å². The first-order valence-electron chi connectivity index (χ1n) is 19.1. The molecule has 0 radical (unpaired) electrons. The maximum Gasteiger partial charge on any atom is 0.416 e. The van der Waals surface area contributed by atoms with Crippen molar-refractivity contribution >= 4 is 33.4 Å². The molecule has 4 nitrogen and oxygen atoms in total. The molecule has 324 valence electrons. The van der Waals surface area contributed by atoms with E-state index in [4.69, 9.17) is 0 Å². The predicted molar refractivity (Wildman–Crippen MR) is 215 cm³/mol. The SMILES string of the molecule is O=C1c2cccc(-n3c4ccc(-c5cc(C(F)(F)F)cc(C(F)(F)F)c5)cc4c4cc(-c5cc(C(F)(F)F)cc(C(F)(F)F)c5)ccc43)c2C(O)N1c1cccc(-c2ccccc2)c1. The summed E-state index contributed by atoms with van der Waals surface area (Å²) in [7, 11) is 0. The topological polar surface area (TPSA) is 45.5 Å². The average molecular weight is 891 g/mol. The second-order valence-corrected chi connectivity index (χ2v) is 15.1. The summed E-state index contributed by atoms with van der Waals surface area (Å²) in [4.78, 5) is 15.3. The van der Waals surface area contributed by atoms with Crippen LogP contribution in [0.25, 0.3) is 60.9 Å². The summed E-state index contributed by atoms with van der Waals surface area (Å²) in [5, 5.41) is 12.2. The number of amides is 1. The van der Waals surface area contributed by atoms with Crippen molar-refractivity contribution in [3.8, 4) is 39.1 Å². The van der Waals surface area contributed by atoms with Gasteiger partial charge >= 0.3 is 24.7 Å². The zero-order valence-electron chi connectivity index (χ0n) is 32.2. The van der Waals surface area contributed by atoms with Crippen molar-refractivity contribution in [2.24, 2.45) is 0 Å². The quantitative estimate of drug-likeness (QED) is 0.175. The fourth-order valence-electron chi connectivity index (χ4n) is 8.19. The van der Waals surface area contributed by atoms with Crippen molar-refractivity contribution in [3.05, 3.63) is 179 Å². The highest BCUT2D eigenvalue weighted by atomic mass is 19.4. The van der Waals surface area contributed by atoms with Gasteiger partial charge in [-0.15, -0.1) is 0 Å². The van der Waals surface area contributed by atoms with Crippen molar-refractivity contribution in [2.75, 3.05) is 4.90 Å². The van der Waals surface area contributed by atoms with Gasteiger partial charge in [0.25, 0.3) is 5.91 Å². The second kappa shape index (κ2) is 14.8. The molecule has 0 aliphatic carbocycles. The van der Waals surface area contributed by atoms with Gasteiger partial charge in [0, 0.05) is 27.6 Å². The Bertz CT molecular complexity index is 2970. The van der Waals surface area contributed by atoms with E-state index in [1.807, 2.05) is 36.4 Å². The van der Waals surface area contributed by atoms with Gasteiger partial charge in [-0.2, -0.15) is 52.7 Å². The normalized spacial score (nSPS) is 14.8. The van der Waals surface area contributed by atoms with Gasteiger partial charge in [0.1, 0.15) is 0 Å². The number of anilines is 1. The molecule has 7 aromatic carbocycles. The Kier molecular flexibility index (Phi) is 9.74. The third-order valence-electron chi connectivity index (χ3n) is 11.1. The standard InChI is InChI=1S/C48H26F12N2O2/c49-45(50,51)31-16-29(17-32(23-31)46(52,53)54)27-12-14-39-37(21-27)38-22-28(30-18-33(47(55,56)57)24-34(19-30)48(58,59)60)13-15-40(38)62(39)41-11-5-10-36-42(41)44(64)61(43(36)63)35-9-4-8-26(20-35)25-6-2-1-3-7-25/h1-24,44,64H. The van der Waals surface area contributed by atoms with E-state index in [2.05, 4.69) is 0 Å². The lowest BCUT2D eigenvalue weighted by Crippen LogP contribution is -2.27. The summed E-state index contributed by atoms with van der Waals surface area (Å²) in [6, 6.07) is 30.4. The maximum atomic E-state index is 14.1. The third kappa shape index (κ3) is 7.40. The molecule has 1 N–H and O–H groups in total. The van der Waals surface area contributed by atoms with Crippen LogP contribution in [0.2, 0.25) is 0 Å². The molecule has 1 aromatic heterocycles. The van der Waals surface area contributed by atoms with Gasteiger partial charge in [-0.25, -0.2) is 0 Å². The average Bonchev–Trinajstić information content (AvgIpc) is 3.71. The van der Waals surface area contributed by atoms with Gasteiger partial charge in [0.15, 0.2) is 6.23 Å². The van der Waals surface area contributed by atoms with Crippen LogP contribution in [0.5, 0.6) is 0 Å². The molecule has 9 rings (SSSR count). The number of fused-ring (bicyclic) bond motifs is 4. The summed E-state index contributed by atoms with van der Waals surface area (Å²) in [6.45, 7) is 0. The molecule has 0 saturated carbocycles. The molecule has 0 saturated heterocycles. The third-order valence-corrected chi connectivity index (χ3v) is 11.1. The number of aliphatic hydroxyl groups excluding tert-OH is 1. The Morgan fingerprint density at radius 1 is 0.422 bits per heavy atom. The molecule has 64 heavy (non-hydrogen) atoms. The van der Waals surface area contributed by atoms with E-state index < -0.39 is 70.2 Å². The van der Waals surface area contributed by atoms with E-state index in [9.17, 15) is 62.6 Å². The van der Waals surface area contributed by atoms with Crippen LogP contribution in [-0.4, -0.2) is 15.6 Å². The molecular weight excluding hydrogens is 865 g/mol. The van der Waals surface area contributed by atoms with Crippen LogP contribution in [0.1, 0.15) is 44.4 Å². The number of hydrogen-bond acceptors (Lipinski definition) is 2. The van der Waals surface area contributed by atoms with Crippen molar-refractivity contribution < 1.29 is 62.6 Å². The van der Waals surface area contributed by atoms with Gasteiger partial charge in [0.05, 0.1) is 39.0 Å². The number of carbonyl (C=O) groups is 1. The molecule has 2 heterocycles. The highest BCUT2D eigenvalue weighted by Crippen LogP contribution is 2.46. The Hall–Kier alpha value is -7.07. The van der Waals surface area contributed by atoms with Crippen molar-refractivity contribution in [2.45, 2.75) is 30.9 Å². The molecule has 0 fully saturated rings. The molecule has 8 aromatic rings. The van der Waals surface area contributed by atoms with Crippen LogP contribution < -0.4 is 4.90 Å². The van der Waals surface area contributed by atoms with Crippen LogP contribution in [0.15, 0.2) is 146 Å². The first-order valence-corrected chi connectivity index (χ1v) is 19.1. The van der Waals surface area contributed by atoms with Gasteiger partial charge in [-0.1, -0.05) is 60.7 Å². The van der Waals surface area contributed by atoms with E-state index in [-0.39, 0.29) is 61.9 Å². The summed E-state index contributed by atoms with van der Waals surface area (Å²) in [6.07, 6.45) is -22.4. The molecule has 0 bridgehead atoms. The second-order valence-electron chi connectivity index (χ2n) is 15.1. The number of halogens is 12. The fraction of sp³-hybridized carbons (Fsp3) is 0.104. The van der Waals surface area contributed by atoms with E-state index in [1.165, 1.54) is 58.0 Å². The van der Waals surface area contributed by atoms with E-state index in [0.717, 1.165) is 11.1 Å². The Morgan fingerprint density at radius 2 is 0.859 bits per heavy atom. The minimum atomic E-state index is -5.19. The molecular formula is C48H26F12N2O2. The van der Waals surface area contributed by atoms with Crippen LogP contribution in [0.4, 0.5) is 58.4 Å². The van der Waals surface area contributed by atoms with Crippen LogP contribution in [0, 0.1) is 0 Å². The number of alkyl halides is 12. The van der Waals surface area contributed by atoms with E-state index in [0.29, 0.717) is 30.0 Å². The minimum absolute atomic E-state index is 0.0335. The van der Waals surface area contributed by atoms with Gasteiger partial charge < -0.3 is 9.67 Å². The lowest BCUT2D eigenvalue weighted by Gasteiger charge is -2.23. The predicted octanol–water partition coefficient (Wildman–Crippen LogP) is 14.5. The number of rotatable bonds is 5. The van der Waals surface area contributed by atoms with Crippen LogP contribution >= 0.6 is 0 Å². The zero-order chi connectivity index (χ0) is 45.7. The van der Waals surface area contributed by atoms with Crippen molar-refractivity contribution in [3.63, 3.8) is 0 Å². The maximum absolute atomic E-state index is 14.1. The largest absolute Gasteiger partial charge is 0.416 e. The lowest BCUT2D eigenvalue weighted by atomic mass is 9.96. The van der Waals surface area contributed by atoms with Gasteiger partial charge in [-0.3, -0.25) is 9.69 Å². The van der Waals surface area contributed by atoms with Crippen LogP contribution in [0.3, 0.4) is 0 Å². The summed E-state index contributed by atoms with van der Waals surface area (Å²) < 4.78 is 169. The molecule has 0 spiro atoms. The van der Waals surface area contributed by atoms with Crippen molar-refractivity contribution in [1.29, 1.82) is 0 Å². The lowest BCUT2D eigenvalue weighted by molar-refractivity contribution is -0.144. The monoisotopic (exact) mass is 890 g/mol. The number of benzene rings is 7. The first kappa shape index (κ1) is 42.2. The zero-order valence-corrected chi connectivity index (χ0v) is 32.2. The molecule has 16 heteroatoms. The summed E-state index contributed by atoms with van der Waals surface area (Å²) in [5.41, 5.74) is -5.00. The number of aliphatic hydroxyl groups is 1. The highest BCUT2D eigenvalue weighted by molar-refractivity contribution is 6.14. The molecule has 1 amide bonds. The Balaban J connectivity index is 1.28. The first-order chi connectivity index (χ1) is 30.1. The van der Waals surface area contributed by atoms with Gasteiger partial charge in [-0.05, 0) is 118 Å². The molecule has 1 aliphatic heterocycles. The Labute approximate surface area is 353 Å². The van der Waals surface area contributed by atoms with Gasteiger partial charge in [0.2, 0.25) is 0 Å². The molecule has 1 aliphatic rings. The molecule has 1 unspecified atom stereocenters. The van der Waals surface area contributed by atoms with E-state index >= 15 is 0 Å². The number of hydrogen-bond donors (Lipinski definition) is 1. The smallest absolute Gasteiger partial charge is 0.369 e. The number of nitrogens with zero attached hydrogens (tertiary/aromatic N) is 2. The highest BCUT2D eigenvalue weighted by Gasteiger charge is 2.41. The molecule has 1 atom stereocenters. The van der Waals surface area contributed by atoms with E-state index in [1.54, 1.807) is 24.3 Å². The minimum Gasteiger partial charge on any atom is -0.369 e. The number of carbonyl (C=O) groups excluding carboxylic acids is 1. The number of aromatic nitrogens is 1. The van der Waals surface area contributed by atoms with Crippen LogP contribution in [-0.2, 0) is 24.7 Å². The summed E-state index contributed by atoms with van der Waals surface area (Å²) in [5.74, 6) is -0.588. The Morgan fingerprint density at radius 3 is 1.33 bits per heavy atom. The summed E-state index contributed by atoms with van der Waals surface area (Å²) >= 11 is 0. The fourth-order valence-corrected chi connectivity index (χ4v) is 8.19.